The van der Waals surface area contributed by atoms with Crippen molar-refractivity contribution in [1.29, 1.82) is 0 Å². The van der Waals surface area contributed by atoms with Gasteiger partial charge in [0.25, 0.3) is 5.91 Å². The molecule has 0 radical (unpaired) electrons. The minimum absolute atomic E-state index is 0.179. The van der Waals surface area contributed by atoms with E-state index in [0.29, 0.717) is 26.1 Å². The van der Waals surface area contributed by atoms with Gasteiger partial charge in [0.05, 0.1) is 13.2 Å². The summed E-state index contributed by atoms with van der Waals surface area (Å²) in [6, 6.07) is -0.598. The molecule has 0 bridgehead atoms. The number of hydrogen-bond acceptors (Lipinski definition) is 6. The summed E-state index contributed by atoms with van der Waals surface area (Å²) in [5.74, 6) is -1.61. The molecule has 0 aromatic rings. The van der Waals surface area contributed by atoms with Crippen molar-refractivity contribution in [2.45, 2.75) is 31.7 Å². The van der Waals surface area contributed by atoms with Gasteiger partial charge in [-0.1, -0.05) is 0 Å². The fraction of sp³-hybridized carbons (Fsp3) is 0.692. The molecule has 0 unspecified atom stereocenters. The van der Waals surface area contributed by atoms with Crippen LogP contribution in [0.5, 0.6) is 0 Å². The third-order valence-corrected chi connectivity index (χ3v) is 3.57. The van der Waals surface area contributed by atoms with Gasteiger partial charge in [-0.3, -0.25) is 19.3 Å². The molecule has 2 saturated heterocycles. The van der Waals surface area contributed by atoms with Crippen molar-refractivity contribution < 1.29 is 28.7 Å². The Labute approximate surface area is 121 Å². The molecule has 21 heavy (non-hydrogen) atoms. The van der Waals surface area contributed by atoms with E-state index in [1.54, 1.807) is 6.92 Å². The van der Waals surface area contributed by atoms with Crippen molar-refractivity contribution >= 4 is 23.7 Å². The molecule has 0 aromatic heterocycles. The summed E-state index contributed by atoms with van der Waals surface area (Å²) in [5, 5.41) is 2.64. The predicted octanol–water partition coefficient (Wildman–Crippen LogP) is -0.390. The number of nitrogens with zero attached hydrogens (tertiary/aromatic N) is 1. The van der Waals surface area contributed by atoms with Crippen molar-refractivity contribution in [2.75, 3.05) is 26.4 Å². The number of Topliss-reactive ketones (excluding diaryl/α,β-unsaturated/α-hetero) is 1. The largest absolute Gasteiger partial charge is 0.466 e. The summed E-state index contributed by atoms with van der Waals surface area (Å²) >= 11 is 0. The van der Waals surface area contributed by atoms with Crippen LogP contribution in [0.2, 0.25) is 0 Å². The lowest BCUT2D eigenvalue weighted by Crippen LogP contribution is -2.51. The molecule has 2 rings (SSSR count). The number of carbonyl (C=O) groups is 4. The van der Waals surface area contributed by atoms with Crippen LogP contribution in [0.15, 0.2) is 0 Å². The maximum absolute atomic E-state index is 12.4. The molecule has 8 nitrogen and oxygen atoms in total. The molecule has 8 heteroatoms. The predicted molar refractivity (Wildman–Crippen MR) is 69.3 cm³/mol. The highest BCUT2D eigenvalue weighted by atomic mass is 16.5. The molecular weight excluding hydrogens is 280 g/mol. The Balaban J connectivity index is 1.97. The molecule has 2 aliphatic rings. The van der Waals surface area contributed by atoms with Crippen LogP contribution in [0.25, 0.3) is 0 Å². The number of ether oxygens (including phenoxy) is 2. The number of hydrogen-bond donors (Lipinski definition) is 1. The number of carbonyl (C=O) groups excluding carboxylic acids is 4. The van der Waals surface area contributed by atoms with Crippen LogP contribution in [0.3, 0.4) is 0 Å². The van der Waals surface area contributed by atoms with Crippen LogP contribution in [-0.4, -0.2) is 60.5 Å². The van der Waals surface area contributed by atoms with Crippen LogP contribution in [-0.2, 0) is 23.9 Å². The number of urea groups is 1. The van der Waals surface area contributed by atoms with Crippen molar-refractivity contribution in [3.05, 3.63) is 0 Å². The monoisotopic (exact) mass is 298 g/mol. The van der Waals surface area contributed by atoms with Gasteiger partial charge in [0, 0.05) is 26.1 Å². The van der Waals surface area contributed by atoms with Crippen LogP contribution in [0.4, 0.5) is 4.79 Å². The number of nitrogens with one attached hydrogen (secondary N) is 1. The number of imide groups is 1. The van der Waals surface area contributed by atoms with E-state index in [-0.39, 0.29) is 6.61 Å². The minimum Gasteiger partial charge on any atom is -0.466 e. The van der Waals surface area contributed by atoms with Crippen molar-refractivity contribution in [2.24, 2.45) is 0 Å². The molecule has 0 atom stereocenters. The third kappa shape index (κ3) is 3.21. The topological polar surface area (TPSA) is 102 Å². The first kappa shape index (κ1) is 15.4. The van der Waals surface area contributed by atoms with Gasteiger partial charge in [-0.2, -0.15) is 0 Å². The van der Waals surface area contributed by atoms with E-state index < -0.39 is 42.2 Å². The zero-order valence-corrected chi connectivity index (χ0v) is 11.8. The second-order valence-electron chi connectivity index (χ2n) is 5.04. The van der Waals surface area contributed by atoms with E-state index in [1.807, 2.05) is 0 Å². The van der Waals surface area contributed by atoms with Crippen molar-refractivity contribution in [3.8, 4) is 0 Å². The van der Waals surface area contributed by atoms with Crippen LogP contribution >= 0.6 is 0 Å². The SMILES string of the molecule is CCOC(=O)CC(=O)CN1C(=O)NC2(CCOCC2)C1=O. The normalized spacial score (nSPS) is 20.5. The summed E-state index contributed by atoms with van der Waals surface area (Å²) in [4.78, 5) is 48.1. The molecule has 0 aromatic carbocycles. The number of amides is 3. The molecular formula is C13H18N2O6. The maximum atomic E-state index is 12.4. The second kappa shape index (κ2) is 6.21. The lowest BCUT2D eigenvalue weighted by Gasteiger charge is -2.30. The van der Waals surface area contributed by atoms with Gasteiger partial charge in [-0.05, 0) is 6.92 Å². The first-order valence-electron chi connectivity index (χ1n) is 6.87. The zero-order chi connectivity index (χ0) is 15.5. The molecule has 116 valence electrons. The Morgan fingerprint density at radius 1 is 1.33 bits per heavy atom. The second-order valence-corrected chi connectivity index (χ2v) is 5.04. The van der Waals surface area contributed by atoms with E-state index in [2.05, 4.69) is 10.1 Å². The first-order valence-corrected chi connectivity index (χ1v) is 6.87. The van der Waals surface area contributed by atoms with Gasteiger partial charge in [0.1, 0.15) is 12.0 Å². The van der Waals surface area contributed by atoms with Crippen LogP contribution < -0.4 is 5.32 Å². The van der Waals surface area contributed by atoms with E-state index >= 15 is 0 Å². The smallest absolute Gasteiger partial charge is 0.325 e. The quantitative estimate of drug-likeness (QED) is 0.421. The molecule has 1 spiro atoms. The molecule has 2 heterocycles. The molecule has 3 amide bonds. The van der Waals surface area contributed by atoms with E-state index in [9.17, 15) is 19.2 Å². The Hall–Kier alpha value is -1.96. The minimum atomic E-state index is -0.959. The highest BCUT2D eigenvalue weighted by molar-refractivity contribution is 6.10. The van der Waals surface area contributed by atoms with E-state index in [4.69, 9.17) is 4.74 Å². The average molecular weight is 298 g/mol. The van der Waals surface area contributed by atoms with E-state index in [0.717, 1.165) is 4.90 Å². The summed E-state index contributed by atoms with van der Waals surface area (Å²) in [7, 11) is 0. The highest BCUT2D eigenvalue weighted by Gasteiger charge is 2.52. The number of rotatable bonds is 5. The Morgan fingerprint density at radius 2 is 2.00 bits per heavy atom. The highest BCUT2D eigenvalue weighted by Crippen LogP contribution is 2.28. The van der Waals surface area contributed by atoms with Crippen LogP contribution in [0, 0.1) is 0 Å². The molecule has 2 fully saturated rings. The number of esters is 1. The fourth-order valence-corrected chi connectivity index (χ4v) is 2.48. The molecule has 0 aliphatic carbocycles. The summed E-state index contributed by atoms with van der Waals surface area (Å²) in [6.07, 6.45) is 0.335. The summed E-state index contributed by atoms with van der Waals surface area (Å²) < 4.78 is 9.85. The van der Waals surface area contributed by atoms with Crippen molar-refractivity contribution in [1.82, 2.24) is 10.2 Å². The maximum Gasteiger partial charge on any atom is 0.325 e. The Bertz CT molecular complexity index is 469. The Morgan fingerprint density at radius 3 is 2.62 bits per heavy atom. The molecule has 0 saturated carbocycles. The van der Waals surface area contributed by atoms with Gasteiger partial charge in [-0.25, -0.2) is 4.79 Å². The van der Waals surface area contributed by atoms with Gasteiger partial charge in [0.15, 0.2) is 5.78 Å². The average Bonchev–Trinajstić information content (AvgIpc) is 2.64. The van der Waals surface area contributed by atoms with Gasteiger partial charge < -0.3 is 14.8 Å². The summed E-state index contributed by atoms with van der Waals surface area (Å²) in [5.41, 5.74) is -0.959. The van der Waals surface area contributed by atoms with Gasteiger partial charge in [-0.15, -0.1) is 0 Å². The first-order chi connectivity index (χ1) is 9.98. The zero-order valence-electron chi connectivity index (χ0n) is 11.8. The van der Waals surface area contributed by atoms with Gasteiger partial charge >= 0.3 is 12.0 Å². The van der Waals surface area contributed by atoms with Crippen LogP contribution in [0.1, 0.15) is 26.2 Å². The van der Waals surface area contributed by atoms with Crippen molar-refractivity contribution in [3.63, 3.8) is 0 Å². The molecule has 2 aliphatic heterocycles. The lowest BCUT2D eigenvalue weighted by molar-refractivity contribution is -0.146. The van der Waals surface area contributed by atoms with E-state index in [1.165, 1.54) is 0 Å². The summed E-state index contributed by atoms with van der Waals surface area (Å²) in [6.45, 7) is 2.17. The number of ketones is 1. The lowest BCUT2D eigenvalue weighted by atomic mass is 9.90. The Kier molecular flexibility index (Phi) is 4.56. The van der Waals surface area contributed by atoms with Gasteiger partial charge in [0.2, 0.25) is 0 Å². The fourth-order valence-electron chi connectivity index (χ4n) is 2.48. The standard InChI is InChI=1S/C13H18N2O6/c1-2-21-10(17)7-9(16)8-15-11(18)13(14-12(15)19)3-5-20-6-4-13/h2-8H2,1H3,(H,14,19). The third-order valence-electron chi connectivity index (χ3n) is 3.57. The molecule has 1 N–H and O–H groups in total.